The first-order valence-corrected chi connectivity index (χ1v) is 5.90. The van der Waals surface area contributed by atoms with Crippen molar-refractivity contribution in [3.05, 3.63) is 42.2 Å². The van der Waals surface area contributed by atoms with Crippen molar-refractivity contribution in [1.29, 1.82) is 0 Å². The molecule has 0 aliphatic heterocycles. The minimum atomic E-state index is -0.322. The molecule has 3 heteroatoms. The average Bonchev–Trinajstić information content (AvgIpc) is 2.24. The van der Waals surface area contributed by atoms with E-state index in [0.29, 0.717) is 12.1 Å². The minimum absolute atomic E-state index is 0.243. The Hall–Kier alpha value is -1.35. The largest absolute Gasteiger partial charge is 0.365 e. The molecule has 17 heavy (non-hydrogen) atoms. The van der Waals surface area contributed by atoms with Crippen molar-refractivity contribution in [2.24, 2.45) is 5.73 Å². The van der Waals surface area contributed by atoms with Gasteiger partial charge in [-0.1, -0.05) is 12.1 Å². The zero-order valence-corrected chi connectivity index (χ0v) is 10.8. The van der Waals surface area contributed by atoms with Crippen LogP contribution in [0.3, 0.4) is 0 Å². The van der Waals surface area contributed by atoms with Crippen molar-refractivity contribution in [3.63, 3.8) is 0 Å². The van der Waals surface area contributed by atoms with E-state index in [9.17, 15) is 4.39 Å². The van der Waals surface area contributed by atoms with Crippen LogP contribution in [0.25, 0.3) is 0 Å². The van der Waals surface area contributed by atoms with E-state index in [-0.39, 0.29) is 17.9 Å². The monoisotopic (exact) mass is 236 g/mol. The number of benzene rings is 1. The smallest absolute Gasteiger partial charge is 0.130 e. The van der Waals surface area contributed by atoms with Crippen molar-refractivity contribution in [3.8, 4) is 0 Å². The highest BCUT2D eigenvalue weighted by molar-refractivity contribution is 5.56. The lowest BCUT2D eigenvalue weighted by atomic mass is 10.0. The topological polar surface area (TPSA) is 29.3 Å². The summed E-state index contributed by atoms with van der Waals surface area (Å²) in [4.78, 5) is 2.09. The minimum Gasteiger partial charge on any atom is -0.365 e. The number of rotatable bonds is 5. The van der Waals surface area contributed by atoms with Crippen LogP contribution in [0.5, 0.6) is 0 Å². The number of hydrogen-bond donors (Lipinski definition) is 1. The molecular weight excluding hydrogens is 215 g/mol. The molecule has 1 aromatic rings. The molecule has 0 aliphatic rings. The molecule has 0 aliphatic carbocycles. The fourth-order valence-electron chi connectivity index (χ4n) is 1.95. The second-order valence-corrected chi connectivity index (χ2v) is 4.50. The number of nitrogens with zero attached hydrogens (tertiary/aromatic N) is 1. The molecule has 0 aromatic heterocycles. The van der Waals surface area contributed by atoms with Crippen molar-refractivity contribution in [1.82, 2.24) is 0 Å². The third-order valence-electron chi connectivity index (χ3n) is 2.74. The molecule has 1 rings (SSSR count). The second-order valence-electron chi connectivity index (χ2n) is 4.50. The summed E-state index contributed by atoms with van der Waals surface area (Å²) in [6, 6.07) is 5.03. The molecule has 0 heterocycles. The van der Waals surface area contributed by atoms with E-state index < -0.39 is 0 Å². The summed E-state index contributed by atoms with van der Waals surface area (Å²) in [6.45, 7) is 10.4. The van der Waals surface area contributed by atoms with Crippen LogP contribution >= 0.6 is 0 Å². The SMILES string of the molecule is C=CCN(c1cccc(F)c1[C@H](C)N)C(C)C. The van der Waals surface area contributed by atoms with Gasteiger partial charge in [0.2, 0.25) is 0 Å². The molecule has 0 spiro atoms. The van der Waals surface area contributed by atoms with Gasteiger partial charge in [0, 0.05) is 29.9 Å². The molecule has 1 atom stereocenters. The maximum atomic E-state index is 13.8. The van der Waals surface area contributed by atoms with Crippen molar-refractivity contribution in [2.75, 3.05) is 11.4 Å². The summed E-state index contributed by atoms with van der Waals surface area (Å²) in [5, 5.41) is 0. The van der Waals surface area contributed by atoms with E-state index in [0.717, 1.165) is 5.69 Å². The van der Waals surface area contributed by atoms with Gasteiger partial charge in [-0.3, -0.25) is 0 Å². The van der Waals surface area contributed by atoms with E-state index >= 15 is 0 Å². The molecule has 0 fully saturated rings. The van der Waals surface area contributed by atoms with Crippen molar-refractivity contribution in [2.45, 2.75) is 32.9 Å². The first kappa shape index (κ1) is 13.7. The molecule has 0 amide bonds. The lowest BCUT2D eigenvalue weighted by molar-refractivity contribution is 0.589. The molecule has 2 N–H and O–H groups in total. The normalized spacial score (nSPS) is 12.6. The van der Waals surface area contributed by atoms with Gasteiger partial charge >= 0.3 is 0 Å². The van der Waals surface area contributed by atoms with E-state index in [1.54, 1.807) is 13.0 Å². The van der Waals surface area contributed by atoms with Crippen molar-refractivity contribution < 1.29 is 4.39 Å². The van der Waals surface area contributed by atoms with Crippen LogP contribution in [0.4, 0.5) is 10.1 Å². The Bertz CT molecular complexity index is 386. The zero-order chi connectivity index (χ0) is 13.0. The Morgan fingerprint density at radius 3 is 2.53 bits per heavy atom. The standard InChI is InChI=1S/C14H21FN2/c1-5-9-17(10(2)3)13-8-6-7-12(15)14(13)11(4)16/h5-8,10-11H,1,9,16H2,2-4H3/t11-/m0/s1. The van der Waals surface area contributed by atoms with Crippen molar-refractivity contribution >= 4 is 5.69 Å². The molecule has 0 saturated heterocycles. The van der Waals surface area contributed by atoms with Gasteiger partial charge in [0.05, 0.1) is 0 Å². The molecule has 2 nitrogen and oxygen atoms in total. The Balaban J connectivity index is 3.27. The first-order chi connectivity index (χ1) is 7.99. The lowest BCUT2D eigenvalue weighted by Gasteiger charge is -2.31. The third-order valence-corrected chi connectivity index (χ3v) is 2.74. The zero-order valence-electron chi connectivity index (χ0n) is 10.8. The Kier molecular flexibility index (Phi) is 4.70. The van der Waals surface area contributed by atoms with E-state index in [1.807, 2.05) is 12.1 Å². The van der Waals surface area contributed by atoms with Gasteiger partial charge in [0.1, 0.15) is 5.82 Å². The summed E-state index contributed by atoms with van der Waals surface area (Å²) in [5.41, 5.74) is 7.29. The number of nitrogens with two attached hydrogens (primary N) is 1. The lowest BCUT2D eigenvalue weighted by Crippen LogP contribution is -2.32. The predicted molar refractivity (Wildman–Crippen MR) is 71.7 cm³/mol. The number of anilines is 1. The summed E-state index contributed by atoms with van der Waals surface area (Å²) in [6.07, 6.45) is 1.82. The Morgan fingerprint density at radius 2 is 2.06 bits per heavy atom. The van der Waals surface area contributed by atoms with Gasteiger partial charge in [0.15, 0.2) is 0 Å². The first-order valence-electron chi connectivity index (χ1n) is 5.90. The predicted octanol–water partition coefficient (Wildman–Crippen LogP) is 3.25. The van der Waals surface area contributed by atoms with Gasteiger partial charge in [0.25, 0.3) is 0 Å². The summed E-state index contributed by atoms with van der Waals surface area (Å²) < 4.78 is 13.8. The number of hydrogen-bond acceptors (Lipinski definition) is 2. The Labute approximate surface area is 103 Å². The van der Waals surface area contributed by atoms with Crippen LogP contribution in [-0.4, -0.2) is 12.6 Å². The molecule has 94 valence electrons. The van der Waals surface area contributed by atoms with E-state index in [1.165, 1.54) is 6.07 Å². The van der Waals surface area contributed by atoms with Gasteiger partial charge < -0.3 is 10.6 Å². The maximum Gasteiger partial charge on any atom is 0.130 e. The van der Waals surface area contributed by atoms with Gasteiger partial charge in [-0.15, -0.1) is 6.58 Å². The molecule has 1 aromatic carbocycles. The van der Waals surface area contributed by atoms with Crippen LogP contribution in [-0.2, 0) is 0 Å². The fraction of sp³-hybridized carbons (Fsp3) is 0.429. The highest BCUT2D eigenvalue weighted by Crippen LogP contribution is 2.29. The quantitative estimate of drug-likeness (QED) is 0.795. The molecule has 0 unspecified atom stereocenters. The third kappa shape index (κ3) is 3.07. The summed E-state index contributed by atoms with van der Waals surface area (Å²) in [5.74, 6) is -0.243. The van der Waals surface area contributed by atoms with E-state index in [2.05, 4.69) is 25.3 Å². The summed E-state index contributed by atoms with van der Waals surface area (Å²) >= 11 is 0. The van der Waals surface area contributed by atoms with Crippen LogP contribution in [0.1, 0.15) is 32.4 Å². The highest BCUT2D eigenvalue weighted by Gasteiger charge is 2.18. The molecule has 0 saturated carbocycles. The highest BCUT2D eigenvalue weighted by atomic mass is 19.1. The van der Waals surface area contributed by atoms with Crippen LogP contribution < -0.4 is 10.6 Å². The van der Waals surface area contributed by atoms with Crippen LogP contribution in [0.2, 0.25) is 0 Å². The number of halogens is 1. The molecule has 0 radical (unpaired) electrons. The van der Waals surface area contributed by atoms with Gasteiger partial charge in [-0.25, -0.2) is 4.39 Å². The second kappa shape index (κ2) is 5.82. The Morgan fingerprint density at radius 1 is 1.41 bits per heavy atom. The average molecular weight is 236 g/mol. The van der Waals surface area contributed by atoms with Crippen LogP contribution in [0.15, 0.2) is 30.9 Å². The summed E-state index contributed by atoms with van der Waals surface area (Å²) in [7, 11) is 0. The van der Waals surface area contributed by atoms with Gasteiger partial charge in [-0.05, 0) is 32.9 Å². The van der Waals surface area contributed by atoms with Crippen LogP contribution in [0, 0.1) is 5.82 Å². The maximum absolute atomic E-state index is 13.8. The van der Waals surface area contributed by atoms with E-state index in [4.69, 9.17) is 5.73 Å². The molecule has 0 bridgehead atoms. The fourth-order valence-corrected chi connectivity index (χ4v) is 1.95. The molecular formula is C14H21FN2. The van der Waals surface area contributed by atoms with Gasteiger partial charge in [-0.2, -0.15) is 0 Å².